The van der Waals surface area contributed by atoms with Crippen LogP contribution in [-0.2, 0) is 22.4 Å². The van der Waals surface area contributed by atoms with Crippen LogP contribution in [0.2, 0.25) is 0 Å². The molecule has 1 aliphatic rings. The van der Waals surface area contributed by atoms with Gasteiger partial charge in [-0.15, -0.1) is 35.3 Å². The Morgan fingerprint density at radius 3 is 3.00 bits per heavy atom. The Bertz CT molecular complexity index is 493. The number of guanidine groups is 1. The number of nitrogens with one attached hydrogen (secondary N) is 2. The molecule has 1 atom stereocenters. The summed E-state index contributed by atoms with van der Waals surface area (Å²) in [5.74, 6) is 1.43. The molecule has 144 valence electrons. The van der Waals surface area contributed by atoms with Crippen LogP contribution < -0.4 is 10.6 Å². The van der Waals surface area contributed by atoms with E-state index in [-0.39, 0.29) is 24.0 Å². The van der Waals surface area contributed by atoms with Crippen molar-refractivity contribution < 1.29 is 9.47 Å². The molecule has 0 bridgehead atoms. The zero-order valence-corrected chi connectivity index (χ0v) is 18.4. The molecule has 1 saturated heterocycles. The predicted molar refractivity (Wildman–Crippen MR) is 114 cm³/mol. The number of nitrogens with zero attached hydrogens (tertiary/aromatic N) is 2. The molecule has 0 saturated carbocycles. The maximum absolute atomic E-state index is 5.72. The Hall–Kier alpha value is -0.450. The van der Waals surface area contributed by atoms with Gasteiger partial charge in [-0.1, -0.05) is 6.92 Å². The largest absolute Gasteiger partial charge is 0.381 e. The van der Waals surface area contributed by atoms with E-state index in [1.165, 1.54) is 4.88 Å². The smallest absolute Gasteiger partial charge is 0.191 e. The van der Waals surface area contributed by atoms with Crippen LogP contribution in [0.25, 0.3) is 0 Å². The van der Waals surface area contributed by atoms with Gasteiger partial charge in [0.15, 0.2) is 5.96 Å². The average Bonchev–Trinajstić information content (AvgIpc) is 3.27. The van der Waals surface area contributed by atoms with E-state index in [1.807, 2.05) is 6.20 Å². The summed E-state index contributed by atoms with van der Waals surface area (Å²) in [5.41, 5.74) is 0. The van der Waals surface area contributed by atoms with E-state index in [9.17, 15) is 0 Å². The Kier molecular flexibility index (Phi) is 12.4. The van der Waals surface area contributed by atoms with Crippen molar-refractivity contribution in [2.45, 2.75) is 39.7 Å². The molecule has 0 aliphatic carbocycles. The average molecular weight is 482 g/mol. The molecule has 2 heterocycles. The number of hydrogen-bond donors (Lipinski definition) is 2. The van der Waals surface area contributed by atoms with Gasteiger partial charge in [-0.05, 0) is 26.2 Å². The van der Waals surface area contributed by atoms with E-state index in [2.05, 4.69) is 34.5 Å². The second-order valence-corrected chi connectivity index (χ2v) is 7.05. The summed E-state index contributed by atoms with van der Waals surface area (Å²) in [5, 5.41) is 7.68. The number of hydrogen-bond acceptors (Lipinski definition) is 5. The van der Waals surface area contributed by atoms with Gasteiger partial charge >= 0.3 is 0 Å². The molecule has 0 amide bonds. The van der Waals surface area contributed by atoms with Gasteiger partial charge in [0.05, 0.1) is 19.8 Å². The Morgan fingerprint density at radius 2 is 2.32 bits per heavy atom. The second kappa shape index (κ2) is 13.7. The third kappa shape index (κ3) is 9.16. The van der Waals surface area contributed by atoms with Crippen molar-refractivity contribution in [3.05, 3.63) is 16.1 Å². The maximum Gasteiger partial charge on any atom is 0.191 e. The number of thiazole rings is 1. The Morgan fingerprint density at radius 1 is 1.44 bits per heavy atom. The molecular weight excluding hydrogens is 451 g/mol. The minimum Gasteiger partial charge on any atom is -0.381 e. The molecule has 2 rings (SSSR count). The molecular formula is C17H31IN4O2S. The Balaban J connectivity index is 0.00000312. The number of aromatic nitrogens is 1. The normalized spacial score (nSPS) is 17.4. The van der Waals surface area contributed by atoms with Crippen molar-refractivity contribution in [2.75, 3.05) is 39.5 Å². The van der Waals surface area contributed by atoms with Gasteiger partial charge in [0, 0.05) is 43.3 Å². The van der Waals surface area contributed by atoms with Gasteiger partial charge in [0.2, 0.25) is 0 Å². The lowest BCUT2D eigenvalue weighted by atomic mass is 10.1. The summed E-state index contributed by atoms with van der Waals surface area (Å²) >= 11 is 1.74. The summed E-state index contributed by atoms with van der Waals surface area (Å²) in [4.78, 5) is 10.3. The molecule has 0 radical (unpaired) electrons. The first-order valence-corrected chi connectivity index (χ1v) is 9.74. The number of aryl methyl sites for hydroxylation is 1. The minimum atomic E-state index is 0. The van der Waals surface area contributed by atoms with Crippen molar-refractivity contribution in [1.82, 2.24) is 15.6 Å². The molecule has 1 aliphatic heterocycles. The van der Waals surface area contributed by atoms with Crippen LogP contribution in [0.4, 0.5) is 0 Å². The van der Waals surface area contributed by atoms with E-state index < -0.39 is 0 Å². The quantitative estimate of drug-likeness (QED) is 0.232. The minimum absolute atomic E-state index is 0. The number of aliphatic imine (C=N–C) groups is 1. The molecule has 6 nitrogen and oxygen atoms in total. The SMILES string of the molecule is CCNC(=NCc1ncc(CC)s1)NCCCOCC1CCOC1.I. The summed E-state index contributed by atoms with van der Waals surface area (Å²) < 4.78 is 11.1. The van der Waals surface area contributed by atoms with E-state index >= 15 is 0 Å². The molecule has 1 fully saturated rings. The van der Waals surface area contributed by atoms with Gasteiger partial charge in [-0.2, -0.15) is 0 Å². The first-order valence-electron chi connectivity index (χ1n) is 8.93. The lowest BCUT2D eigenvalue weighted by Crippen LogP contribution is -2.38. The highest BCUT2D eigenvalue weighted by atomic mass is 127. The molecule has 1 unspecified atom stereocenters. The lowest BCUT2D eigenvalue weighted by Gasteiger charge is -2.12. The van der Waals surface area contributed by atoms with Crippen LogP contribution in [0.1, 0.15) is 36.6 Å². The molecule has 8 heteroatoms. The predicted octanol–water partition coefficient (Wildman–Crippen LogP) is 2.82. The molecule has 25 heavy (non-hydrogen) atoms. The fraction of sp³-hybridized carbons (Fsp3) is 0.765. The zero-order chi connectivity index (χ0) is 17.0. The molecule has 2 N–H and O–H groups in total. The summed E-state index contributed by atoms with van der Waals surface area (Å²) in [6.07, 6.45) is 5.08. The fourth-order valence-corrected chi connectivity index (χ4v) is 3.21. The van der Waals surface area contributed by atoms with Crippen LogP contribution in [0.3, 0.4) is 0 Å². The highest BCUT2D eigenvalue weighted by Crippen LogP contribution is 2.14. The van der Waals surface area contributed by atoms with E-state index in [0.717, 1.165) is 69.7 Å². The highest BCUT2D eigenvalue weighted by molar-refractivity contribution is 14.0. The lowest BCUT2D eigenvalue weighted by molar-refractivity contribution is 0.0888. The van der Waals surface area contributed by atoms with Gasteiger partial charge in [0.25, 0.3) is 0 Å². The molecule has 1 aromatic rings. The fourth-order valence-electron chi connectivity index (χ4n) is 2.42. The number of ether oxygens (including phenoxy) is 2. The standard InChI is InChI=1S/C17H30N4O2S.HI/c1-3-15-10-20-16(24-15)11-21-17(18-4-2)19-7-5-8-22-12-14-6-9-23-13-14;/h10,14H,3-9,11-13H2,1-2H3,(H2,18,19,21);1H. The van der Waals surface area contributed by atoms with E-state index in [1.54, 1.807) is 11.3 Å². The monoisotopic (exact) mass is 482 g/mol. The zero-order valence-electron chi connectivity index (χ0n) is 15.3. The molecule has 0 aromatic carbocycles. The third-order valence-electron chi connectivity index (χ3n) is 3.80. The first-order chi connectivity index (χ1) is 11.8. The van der Waals surface area contributed by atoms with Crippen molar-refractivity contribution in [3.8, 4) is 0 Å². The Labute approximate surface area is 172 Å². The van der Waals surface area contributed by atoms with Crippen LogP contribution in [0.15, 0.2) is 11.2 Å². The van der Waals surface area contributed by atoms with Gasteiger partial charge in [-0.3, -0.25) is 0 Å². The van der Waals surface area contributed by atoms with Crippen LogP contribution in [-0.4, -0.2) is 50.5 Å². The van der Waals surface area contributed by atoms with Crippen molar-refractivity contribution in [3.63, 3.8) is 0 Å². The van der Waals surface area contributed by atoms with Crippen molar-refractivity contribution in [1.29, 1.82) is 0 Å². The van der Waals surface area contributed by atoms with Crippen LogP contribution in [0.5, 0.6) is 0 Å². The second-order valence-electron chi connectivity index (χ2n) is 5.85. The van der Waals surface area contributed by atoms with Crippen molar-refractivity contribution >= 4 is 41.3 Å². The van der Waals surface area contributed by atoms with E-state index in [0.29, 0.717) is 12.5 Å². The molecule has 1 aromatic heterocycles. The first kappa shape index (κ1) is 22.6. The van der Waals surface area contributed by atoms with Crippen molar-refractivity contribution in [2.24, 2.45) is 10.9 Å². The summed E-state index contributed by atoms with van der Waals surface area (Å²) in [7, 11) is 0. The summed E-state index contributed by atoms with van der Waals surface area (Å²) in [6.45, 7) is 9.87. The number of halogens is 1. The van der Waals surface area contributed by atoms with Gasteiger partial charge in [0.1, 0.15) is 5.01 Å². The summed E-state index contributed by atoms with van der Waals surface area (Å²) in [6, 6.07) is 0. The highest BCUT2D eigenvalue weighted by Gasteiger charge is 2.15. The topological polar surface area (TPSA) is 67.8 Å². The van der Waals surface area contributed by atoms with Crippen LogP contribution >= 0.6 is 35.3 Å². The van der Waals surface area contributed by atoms with E-state index in [4.69, 9.17) is 9.47 Å². The third-order valence-corrected chi connectivity index (χ3v) is 4.93. The van der Waals surface area contributed by atoms with Gasteiger partial charge in [-0.25, -0.2) is 9.98 Å². The molecule has 0 spiro atoms. The van der Waals surface area contributed by atoms with Crippen LogP contribution in [0, 0.1) is 5.92 Å². The van der Waals surface area contributed by atoms with Gasteiger partial charge < -0.3 is 20.1 Å². The maximum atomic E-state index is 5.72. The number of rotatable bonds is 10.